The van der Waals surface area contributed by atoms with E-state index in [0.717, 1.165) is 23.3 Å². The van der Waals surface area contributed by atoms with E-state index in [0.29, 0.717) is 0 Å². The van der Waals surface area contributed by atoms with Crippen LogP contribution in [0.5, 0.6) is 5.75 Å². The highest BCUT2D eigenvalue weighted by Gasteiger charge is 2.14. The molecule has 3 rings (SSSR count). The maximum absolute atomic E-state index is 13.8. The zero-order valence-electron chi connectivity index (χ0n) is 12.4. The van der Waals surface area contributed by atoms with Crippen molar-refractivity contribution in [2.24, 2.45) is 0 Å². The normalized spacial score (nSPS) is 10.6. The van der Waals surface area contributed by atoms with E-state index in [1.807, 2.05) is 12.1 Å². The van der Waals surface area contributed by atoms with Crippen LogP contribution in [0, 0.1) is 17.7 Å². The minimum atomic E-state index is -0.711. The van der Waals surface area contributed by atoms with E-state index in [9.17, 15) is 8.78 Å². The Balaban J connectivity index is 1.87. The van der Waals surface area contributed by atoms with E-state index in [4.69, 9.17) is 22.1 Å². The van der Waals surface area contributed by atoms with Crippen LogP contribution in [0.3, 0.4) is 0 Å². The predicted octanol–water partition coefficient (Wildman–Crippen LogP) is 4.64. The van der Waals surface area contributed by atoms with Gasteiger partial charge in [-0.05, 0) is 29.8 Å². The zero-order valence-corrected chi connectivity index (χ0v) is 13.1. The molecule has 0 aliphatic heterocycles. The Bertz CT molecular complexity index is 872. The minimum absolute atomic E-state index is 0.0734. The van der Waals surface area contributed by atoms with Crippen molar-refractivity contribution < 1.29 is 13.5 Å². The van der Waals surface area contributed by atoms with Crippen molar-refractivity contribution in [2.75, 3.05) is 5.73 Å². The molecule has 0 amide bonds. The topological polar surface area (TPSA) is 48.1 Å². The Labute approximate surface area is 142 Å². The first-order valence-electron chi connectivity index (χ1n) is 7.03. The molecule has 0 saturated carbocycles. The SMILES string of the molecule is Nc1ncc(-c2cc[c]cc2)cc1OCc1c(F)ccc(F)c1Cl. The molecule has 2 aromatic carbocycles. The molecule has 2 N–H and O–H groups in total. The molecule has 0 bridgehead atoms. The highest BCUT2D eigenvalue weighted by atomic mass is 35.5. The summed E-state index contributed by atoms with van der Waals surface area (Å²) in [6, 6.07) is 13.8. The smallest absolute Gasteiger partial charge is 0.166 e. The Kier molecular flexibility index (Phi) is 4.62. The lowest BCUT2D eigenvalue weighted by atomic mass is 10.1. The highest BCUT2D eigenvalue weighted by molar-refractivity contribution is 6.31. The van der Waals surface area contributed by atoms with Gasteiger partial charge in [0.25, 0.3) is 0 Å². The second-order valence-electron chi connectivity index (χ2n) is 5.01. The molecule has 1 heterocycles. The minimum Gasteiger partial charge on any atom is -0.485 e. The van der Waals surface area contributed by atoms with E-state index in [1.54, 1.807) is 24.4 Å². The Hall–Kier alpha value is -2.66. The van der Waals surface area contributed by atoms with Crippen molar-refractivity contribution in [3.8, 4) is 16.9 Å². The van der Waals surface area contributed by atoms with E-state index in [1.165, 1.54) is 0 Å². The zero-order chi connectivity index (χ0) is 17.1. The highest BCUT2D eigenvalue weighted by Crippen LogP contribution is 2.29. The van der Waals surface area contributed by atoms with Gasteiger partial charge < -0.3 is 10.5 Å². The maximum atomic E-state index is 13.8. The molecule has 1 aromatic heterocycles. The van der Waals surface area contributed by atoms with E-state index >= 15 is 0 Å². The van der Waals surface area contributed by atoms with Gasteiger partial charge in [-0.1, -0.05) is 35.9 Å². The van der Waals surface area contributed by atoms with Crippen LogP contribution in [0.1, 0.15) is 5.56 Å². The predicted molar refractivity (Wildman–Crippen MR) is 88.6 cm³/mol. The number of pyridine rings is 1. The van der Waals surface area contributed by atoms with Crippen LogP contribution in [-0.4, -0.2) is 4.98 Å². The average Bonchev–Trinajstić information content (AvgIpc) is 2.60. The van der Waals surface area contributed by atoms with Crippen molar-refractivity contribution in [1.29, 1.82) is 0 Å². The summed E-state index contributed by atoms with van der Waals surface area (Å²) in [6.07, 6.45) is 1.60. The van der Waals surface area contributed by atoms with Crippen LogP contribution >= 0.6 is 11.6 Å². The number of nitrogens with two attached hydrogens (primary N) is 1. The fourth-order valence-corrected chi connectivity index (χ4v) is 2.37. The summed E-state index contributed by atoms with van der Waals surface area (Å²) in [6.45, 7) is -0.264. The third-order valence-corrected chi connectivity index (χ3v) is 3.85. The van der Waals surface area contributed by atoms with Crippen LogP contribution < -0.4 is 10.5 Å². The van der Waals surface area contributed by atoms with E-state index in [2.05, 4.69) is 11.1 Å². The first-order chi connectivity index (χ1) is 11.6. The van der Waals surface area contributed by atoms with Gasteiger partial charge in [0, 0.05) is 17.3 Å². The molecule has 0 aliphatic carbocycles. The van der Waals surface area contributed by atoms with Gasteiger partial charge in [-0.15, -0.1) is 0 Å². The molecule has 1 radical (unpaired) electrons. The van der Waals surface area contributed by atoms with Gasteiger partial charge in [-0.2, -0.15) is 0 Å². The van der Waals surface area contributed by atoms with E-state index in [-0.39, 0.29) is 28.8 Å². The fourth-order valence-electron chi connectivity index (χ4n) is 2.16. The molecule has 121 valence electrons. The number of nitrogens with zero attached hydrogens (tertiary/aromatic N) is 1. The number of hydrogen-bond acceptors (Lipinski definition) is 3. The van der Waals surface area contributed by atoms with Gasteiger partial charge in [0.15, 0.2) is 11.6 Å². The van der Waals surface area contributed by atoms with Crippen LogP contribution in [-0.2, 0) is 6.61 Å². The molecule has 0 fully saturated rings. The molecule has 0 aliphatic rings. The maximum Gasteiger partial charge on any atom is 0.166 e. The fraction of sp³-hybridized carbons (Fsp3) is 0.0556. The molecular formula is C18H12ClF2N2O. The summed E-state index contributed by atoms with van der Waals surface area (Å²) in [5, 5.41) is -0.309. The summed E-state index contributed by atoms with van der Waals surface area (Å²) < 4.78 is 32.8. The van der Waals surface area contributed by atoms with Gasteiger partial charge in [0.05, 0.1) is 5.02 Å². The Morgan fingerprint density at radius 3 is 2.54 bits per heavy atom. The van der Waals surface area contributed by atoms with E-state index < -0.39 is 11.6 Å². The van der Waals surface area contributed by atoms with Gasteiger partial charge in [0.2, 0.25) is 0 Å². The Morgan fingerprint density at radius 2 is 1.79 bits per heavy atom. The molecule has 3 nitrogen and oxygen atoms in total. The van der Waals surface area contributed by atoms with Crippen molar-refractivity contribution >= 4 is 17.4 Å². The monoisotopic (exact) mass is 345 g/mol. The third-order valence-electron chi connectivity index (χ3n) is 3.44. The number of hydrogen-bond donors (Lipinski definition) is 1. The molecule has 0 unspecified atom stereocenters. The molecular weight excluding hydrogens is 334 g/mol. The molecule has 0 spiro atoms. The number of aromatic nitrogens is 1. The van der Waals surface area contributed by atoms with Crippen LogP contribution in [0.15, 0.2) is 48.7 Å². The summed E-state index contributed by atoms with van der Waals surface area (Å²) in [5.41, 5.74) is 7.40. The van der Waals surface area contributed by atoms with Gasteiger partial charge in [-0.3, -0.25) is 0 Å². The van der Waals surface area contributed by atoms with Crippen molar-refractivity contribution in [3.05, 3.63) is 76.9 Å². The second kappa shape index (κ2) is 6.84. The standard InChI is InChI=1S/C18H12ClF2N2O/c19-17-13(14(20)6-7-15(17)21)10-24-16-8-12(9-23-18(16)22)11-4-2-1-3-5-11/h2-9H,10H2,(H2,22,23). The molecule has 24 heavy (non-hydrogen) atoms. The average molecular weight is 346 g/mol. The number of ether oxygens (including phenoxy) is 1. The van der Waals surface area contributed by atoms with Gasteiger partial charge in [0.1, 0.15) is 18.2 Å². The van der Waals surface area contributed by atoms with Crippen LogP contribution in [0.4, 0.5) is 14.6 Å². The molecule has 3 aromatic rings. The van der Waals surface area contributed by atoms with Crippen molar-refractivity contribution in [1.82, 2.24) is 4.98 Å². The molecule has 0 saturated heterocycles. The van der Waals surface area contributed by atoms with Crippen LogP contribution in [0.25, 0.3) is 11.1 Å². The number of rotatable bonds is 4. The number of anilines is 1. The Morgan fingerprint density at radius 1 is 1.08 bits per heavy atom. The third kappa shape index (κ3) is 3.31. The van der Waals surface area contributed by atoms with Crippen molar-refractivity contribution in [2.45, 2.75) is 6.61 Å². The molecule has 6 heteroatoms. The molecule has 0 atom stereocenters. The largest absolute Gasteiger partial charge is 0.485 e. The second-order valence-corrected chi connectivity index (χ2v) is 5.38. The van der Waals surface area contributed by atoms with Gasteiger partial charge in [-0.25, -0.2) is 13.8 Å². The lowest BCUT2D eigenvalue weighted by molar-refractivity contribution is 0.300. The van der Waals surface area contributed by atoms with Gasteiger partial charge >= 0.3 is 0 Å². The summed E-state index contributed by atoms with van der Waals surface area (Å²) in [7, 11) is 0. The number of nitrogen functional groups attached to an aromatic ring is 1. The first-order valence-corrected chi connectivity index (χ1v) is 7.41. The quantitative estimate of drug-likeness (QED) is 0.701. The number of benzene rings is 2. The lowest BCUT2D eigenvalue weighted by Crippen LogP contribution is -2.04. The lowest BCUT2D eigenvalue weighted by Gasteiger charge is -2.12. The first kappa shape index (κ1) is 16.2. The summed E-state index contributed by atoms with van der Waals surface area (Å²) >= 11 is 5.79. The summed E-state index contributed by atoms with van der Waals surface area (Å²) in [4.78, 5) is 4.07. The van der Waals surface area contributed by atoms with Crippen molar-refractivity contribution in [3.63, 3.8) is 0 Å². The van der Waals surface area contributed by atoms with Crippen LogP contribution in [0.2, 0.25) is 5.02 Å². The number of halogens is 3. The summed E-state index contributed by atoms with van der Waals surface area (Å²) in [5.74, 6) is -0.950.